The van der Waals surface area contributed by atoms with Crippen molar-refractivity contribution in [3.63, 3.8) is 0 Å². The molecule has 0 heterocycles. The van der Waals surface area contributed by atoms with Crippen LogP contribution in [-0.4, -0.2) is 32.7 Å². The van der Waals surface area contributed by atoms with Crippen LogP contribution >= 0.6 is 11.8 Å². The fourth-order valence-electron chi connectivity index (χ4n) is 3.54. The largest absolute Gasteiger partial charge is 0.321 e. The molecule has 37 heavy (non-hydrogen) atoms. The molecule has 1 N–H and O–H groups in total. The van der Waals surface area contributed by atoms with Crippen molar-refractivity contribution >= 4 is 39.3 Å². The highest BCUT2D eigenvalue weighted by Gasteiger charge is 2.27. The van der Waals surface area contributed by atoms with Crippen molar-refractivity contribution in [1.82, 2.24) is 4.31 Å². The fraction of sp³-hybridized carbons (Fsp3) is 0.107. The molecule has 0 saturated carbocycles. The summed E-state index contributed by atoms with van der Waals surface area (Å²) in [6.45, 7) is -0.0973. The van der Waals surface area contributed by atoms with E-state index in [1.165, 1.54) is 32.3 Å². The zero-order valence-electron chi connectivity index (χ0n) is 20.3. The molecule has 0 aliphatic heterocycles. The molecule has 0 bridgehead atoms. The first-order valence-corrected chi connectivity index (χ1v) is 13.6. The molecule has 1 amide bonds. The number of hydrogen-bond donors (Lipinski definition) is 1. The number of rotatable bonds is 9. The van der Waals surface area contributed by atoms with Gasteiger partial charge >= 0.3 is 10.2 Å². The second-order valence-electron chi connectivity index (χ2n) is 8.31. The van der Waals surface area contributed by atoms with Crippen LogP contribution in [0.25, 0.3) is 0 Å². The second kappa shape index (κ2) is 11.6. The number of para-hydroxylation sites is 2. The number of nitrogens with one attached hydrogen (secondary N) is 1. The first-order chi connectivity index (χ1) is 17.8. The van der Waals surface area contributed by atoms with Crippen LogP contribution in [0, 0.1) is 5.82 Å². The van der Waals surface area contributed by atoms with E-state index in [1.54, 1.807) is 42.1 Å². The Labute approximate surface area is 220 Å². The molecule has 0 aromatic heterocycles. The zero-order valence-corrected chi connectivity index (χ0v) is 22.0. The summed E-state index contributed by atoms with van der Waals surface area (Å²) in [5, 5.41) is 2.96. The molecule has 9 heteroatoms. The van der Waals surface area contributed by atoms with Crippen molar-refractivity contribution in [2.75, 3.05) is 23.7 Å². The first kappa shape index (κ1) is 26.4. The predicted octanol–water partition coefficient (Wildman–Crippen LogP) is 6.04. The Kier molecular flexibility index (Phi) is 8.27. The van der Waals surface area contributed by atoms with E-state index >= 15 is 0 Å². The van der Waals surface area contributed by atoms with E-state index in [4.69, 9.17) is 0 Å². The molecule has 0 atom stereocenters. The highest BCUT2D eigenvalue weighted by molar-refractivity contribution is 7.99. The number of nitrogens with zero attached hydrogens (tertiary/aromatic N) is 2. The second-order valence-corrected chi connectivity index (χ2v) is 11.5. The van der Waals surface area contributed by atoms with Gasteiger partial charge in [-0.2, -0.15) is 12.7 Å². The normalized spacial score (nSPS) is 11.4. The monoisotopic (exact) mass is 535 g/mol. The summed E-state index contributed by atoms with van der Waals surface area (Å²) >= 11 is 1.55. The number of amides is 1. The van der Waals surface area contributed by atoms with Crippen molar-refractivity contribution < 1.29 is 17.6 Å². The fourth-order valence-corrected chi connectivity index (χ4v) is 5.56. The smallest absolute Gasteiger partial charge is 0.303 e. The summed E-state index contributed by atoms with van der Waals surface area (Å²) in [7, 11) is -1.18. The number of hydrogen-bond acceptors (Lipinski definition) is 4. The van der Waals surface area contributed by atoms with Gasteiger partial charge in [0.15, 0.2) is 0 Å². The first-order valence-electron chi connectivity index (χ1n) is 11.4. The van der Waals surface area contributed by atoms with Crippen LogP contribution in [0.2, 0.25) is 0 Å². The lowest BCUT2D eigenvalue weighted by Gasteiger charge is -2.27. The van der Waals surface area contributed by atoms with Crippen LogP contribution < -0.4 is 9.62 Å². The van der Waals surface area contributed by atoms with Crippen molar-refractivity contribution in [3.05, 3.63) is 120 Å². The van der Waals surface area contributed by atoms with Gasteiger partial charge in [-0.1, -0.05) is 66.4 Å². The van der Waals surface area contributed by atoms with Gasteiger partial charge in [-0.15, -0.1) is 0 Å². The Morgan fingerprint density at radius 1 is 0.838 bits per heavy atom. The standard InChI is InChI=1S/C28H26FN3O3S2/c1-31(2)37(34,35)32(26-14-8-6-12-24(26)29)20-21-16-18-22(19-17-21)28(33)30-25-13-7-9-15-27(25)36-23-10-4-3-5-11-23/h3-19H,20H2,1-2H3,(H,30,33). The Balaban J connectivity index is 1.52. The summed E-state index contributed by atoms with van der Waals surface area (Å²) < 4.78 is 42.4. The van der Waals surface area contributed by atoms with E-state index in [0.29, 0.717) is 16.8 Å². The predicted molar refractivity (Wildman–Crippen MR) is 147 cm³/mol. The maximum atomic E-state index is 14.5. The van der Waals surface area contributed by atoms with Crippen LogP contribution in [0.1, 0.15) is 15.9 Å². The quantitative estimate of drug-likeness (QED) is 0.284. The van der Waals surface area contributed by atoms with E-state index in [1.807, 2.05) is 54.6 Å². The summed E-state index contributed by atoms with van der Waals surface area (Å²) in [5.41, 5.74) is 1.65. The lowest BCUT2D eigenvalue weighted by atomic mass is 10.1. The molecule has 4 aromatic rings. The molecule has 0 saturated heterocycles. The van der Waals surface area contributed by atoms with Gasteiger partial charge in [0, 0.05) is 29.4 Å². The van der Waals surface area contributed by atoms with Crippen LogP contribution in [-0.2, 0) is 16.8 Å². The van der Waals surface area contributed by atoms with Crippen LogP contribution in [0.4, 0.5) is 15.8 Å². The number of benzene rings is 4. The average molecular weight is 536 g/mol. The third-order valence-electron chi connectivity index (χ3n) is 5.51. The lowest BCUT2D eigenvalue weighted by Crippen LogP contribution is -2.40. The Hall–Kier alpha value is -3.66. The molecule has 0 aliphatic carbocycles. The minimum absolute atomic E-state index is 0.0504. The van der Waals surface area contributed by atoms with Gasteiger partial charge in [0.25, 0.3) is 5.91 Å². The molecule has 0 aliphatic rings. The van der Waals surface area contributed by atoms with Gasteiger partial charge in [-0.3, -0.25) is 9.10 Å². The van der Waals surface area contributed by atoms with Crippen LogP contribution in [0.5, 0.6) is 0 Å². The van der Waals surface area contributed by atoms with Gasteiger partial charge in [-0.05, 0) is 54.1 Å². The minimum atomic E-state index is -3.97. The zero-order chi connectivity index (χ0) is 26.4. The van der Waals surface area contributed by atoms with Crippen LogP contribution in [0.3, 0.4) is 0 Å². The molecule has 190 valence electrons. The number of carbonyl (C=O) groups excluding carboxylic acids is 1. The Morgan fingerprint density at radius 3 is 2.14 bits per heavy atom. The SMILES string of the molecule is CN(C)S(=O)(=O)N(Cc1ccc(C(=O)Nc2ccccc2Sc2ccccc2)cc1)c1ccccc1F. The van der Waals surface area contributed by atoms with E-state index in [9.17, 15) is 17.6 Å². The third-order valence-corrected chi connectivity index (χ3v) is 8.40. The average Bonchev–Trinajstić information content (AvgIpc) is 2.89. The van der Waals surface area contributed by atoms with Gasteiger partial charge in [0.1, 0.15) is 5.82 Å². The van der Waals surface area contributed by atoms with E-state index in [0.717, 1.165) is 18.4 Å². The summed E-state index contributed by atoms with van der Waals surface area (Å²) in [4.78, 5) is 15.0. The topological polar surface area (TPSA) is 69.7 Å². The molecular weight excluding hydrogens is 509 g/mol. The van der Waals surface area contributed by atoms with Crippen molar-refractivity contribution in [3.8, 4) is 0 Å². The Bertz CT molecular complexity index is 1480. The lowest BCUT2D eigenvalue weighted by molar-refractivity contribution is 0.102. The summed E-state index contributed by atoms with van der Waals surface area (Å²) in [5.74, 6) is -0.935. The molecule has 0 fully saturated rings. The summed E-state index contributed by atoms with van der Waals surface area (Å²) in [6, 6.07) is 29.7. The van der Waals surface area contributed by atoms with Gasteiger partial charge < -0.3 is 5.32 Å². The van der Waals surface area contributed by atoms with E-state index in [2.05, 4.69) is 5.32 Å². The maximum Gasteiger partial charge on any atom is 0.303 e. The number of anilines is 2. The number of carbonyl (C=O) groups is 1. The molecule has 0 unspecified atom stereocenters. The van der Waals surface area contributed by atoms with Crippen LogP contribution in [0.15, 0.2) is 113 Å². The Morgan fingerprint density at radius 2 is 1.46 bits per heavy atom. The highest BCUT2D eigenvalue weighted by Crippen LogP contribution is 2.33. The van der Waals surface area contributed by atoms with Gasteiger partial charge in [0.2, 0.25) is 0 Å². The van der Waals surface area contributed by atoms with E-state index in [-0.39, 0.29) is 18.1 Å². The number of halogens is 1. The molecular formula is C28H26FN3O3S2. The van der Waals surface area contributed by atoms with Crippen molar-refractivity contribution in [2.45, 2.75) is 16.3 Å². The maximum absolute atomic E-state index is 14.5. The molecule has 0 spiro atoms. The summed E-state index contributed by atoms with van der Waals surface area (Å²) in [6.07, 6.45) is 0. The third kappa shape index (κ3) is 6.37. The van der Waals surface area contributed by atoms with E-state index < -0.39 is 16.0 Å². The highest BCUT2D eigenvalue weighted by atomic mass is 32.2. The van der Waals surface area contributed by atoms with Gasteiger partial charge in [0.05, 0.1) is 17.9 Å². The van der Waals surface area contributed by atoms with Crippen molar-refractivity contribution in [1.29, 1.82) is 0 Å². The van der Waals surface area contributed by atoms with Crippen molar-refractivity contribution in [2.24, 2.45) is 0 Å². The minimum Gasteiger partial charge on any atom is -0.321 e. The molecule has 4 rings (SSSR count). The molecule has 6 nitrogen and oxygen atoms in total. The molecule has 0 radical (unpaired) electrons. The van der Waals surface area contributed by atoms with Gasteiger partial charge in [-0.25, -0.2) is 4.39 Å². The molecule has 4 aromatic carbocycles.